The molecule has 0 bridgehead atoms. The van der Waals surface area contributed by atoms with Gasteiger partial charge < -0.3 is 9.47 Å². The van der Waals surface area contributed by atoms with Crippen molar-refractivity contribution in [2.24, 2.45) is 7.05 Å². The molecule has 0 atom stereocenters. The van der Waals surface area contributed by atoms with E-state index in [4.69, 9.17) is 9.47 Å². The molecule has 33 heavy (non-hydrogen) atoms. The van der Waals surface area contributed by atoms with E-state index in [0.29, 0.717) is 47.0 Å². The maximum atomic E-state index is 11.9. The molecule has 0 aliphatic heterocycles. The van der Waals surface area contributed by atoms with Crippen LogP contribution < -0.4 is 9.47 Å². The Morgan fingerprint density at radius 3 is 2.70 bits per heavy atom. The smallest absolute Gasteiger partial charge is 0.251 e. The number of benzene rings is 1. The van der Waals surface area contributed by atoms with E-state index in [0.717, 1.165) is 21.7 Å². The van der Waals surface area contributed by atoms with Gasteiger partial charge in [0.15, 0.2) is 10.4 Å². The Hall–Kier alpha value is -3.25. The van der Waals surface area contributed by atoms with Gasteiger partial charge in [-0.05, 0) is 22.0 Å². The van der Waals surface area contributed by atoms with Gasteiger partial charge >= 0.3 is 0 Å². The Kier molecular flexibility index (Phi) is 6.47. The fraction of sp³-hybridized carbons (Fsp3) is 0.238. The molecule has 0 unspecified atom stereocenters. The van der Waals surface area contributed by atoms with Gasteiger partial charge in [0.1, 0.15) is 22.3 Å². The molecule has 0 aliphatic carbocycles. The van der Waals surface area contributed by atoms with Crippen molar-refractivity contribution in [3.63, 3.8) is 0 Å². The highest BCUT2D eigenvalue weighted by atomic mass is 79.9. The molecule has 10 nitrogen and oxygen atoms in total. The Balaban J connectivity index is 1.48. The van der Waals surface area contributed by atoms with Crippen LogP contribution in [0.3, 0.4) is 0 Å². The minimum atomic E-state index is -3.60. The van der Waals surface area contributed by atoms with E-state index in [1.165, 1.54) is 6.20 Å². The second-order valence-corrected chi connectivity index (χ2v) is 9.67. The number of nitrogens with zero attached hydrogens (tertiary/aromatic N) is 6. The fourth-order valence-electron chi connectivity index (χ4n) is 3.17. The standard InChI is InChI=1S/C21H21BrN6O4S/c1-4-14-8-5-6-9-17(14)31-10-7-11-32-21-15(12-24-27(21)2)20-23-13-16-18(25-20)19(22)26-28(16)33(3,29)30/h4-6,8-9,12-13H,1,7,10-11H2,2-3H3. The average Bonchev–Trinajstić information content (AvgIpc) is 3.33. The normalized spacial score (nSPS) is 11.6. The van der Waals surface area contributed by atoms with Crippen molar-refractivity contribution in [1.29, 1.82) is 0 Å². The van der Waals surface area contributed by atoms with Crippen molar-refractivity contribution in [2.75, 3.05) is 19.5 Å². The van der Waals surface area contributed by atoms with Crippen molar-refractivity contribution < 1.29 is 17.9 Å². The largest absolute Gasteiger partial charge is 0.493 e. The molecular formula is C21H21BrN6O4S. The van der Waals surface area contributed by atoms with Gasteiger partial charge in [-0.3, -0.25) is 0 Å². The van der Waals surface area contributed by atoms with Crippen LogP contribution in [0.25, 0.3) is 28.5 Å². The lowest BCUT2D eigenvalue weighted by atomic mass is 10.2. The van der Waals surface area contributed by atoms with Crippen LogP contribution in [0.15, 0.2) is 47.8 Å². The van der Waals surface area contributed by atoms with Gasteiger partial charge in [-0.15, -0.1) is 5.10 Å². The number of rotatable bonds is 9. The van der Waals surface area contributed by atoms with Crippen molar-refractivity contribution in [2.45, 2.75) is 6.42 Å². The summed E-state index contributed by atoms with van der Waals surface area (Å²) < 4.78 is 38.4. The van der Waals surface area contributed by atoms with E-state index in [-0.39, 0.29) is 5.52 Å². The summed E-state index contributed by atoms with van der Waals surface area (Å²) in [6, 6.07) is 7.68. The molecule has 0 aliphatic rings. The van der Waals surface area contributed by atoms with E-state index in [2.05, 4.69) is 42.7 Å². The quantitative estimate of drug-likeness (QED) is 0.301. The first kappa shape index (κ1) is 22.9. The third kappa shape index (κ3) is 4.76. The number of para-hydroxylation sites is 1. The highest BCUT2D eigenvalue weighted by Gasteiger charge is 2.21. The number of hydrogen-bond donors (Lipinski definition) is 0. The van der Waals surface area contributed by atoms with E-state index < -0.39 is 10.0 Å². The van der Waals surface area contributed by atoms with Crippen LogP contribution in [0.4, 0.5) is 0 Å². The summed E-state index contributed by atoms with van der Waals surface area (Å²) in [7, 11) is -1.84. The molecule has 1 aromatic carbocycles. The maximum absolute atomic E-state index is 11.9. The molecule has 4 rings (SSSR count). The summed E-state index contributed by atoms with van der Waals surface area (Å²) in [4.78, 5) is 8.80. The molecule has 3 heterocycles. The summed E-state index contributed by atoms with van der Waals surface area (Å²) in [6.45, 7) is 4.65. The number of aryl methyl sites for hydroxylation is 1. The third-order valence-corrected chi connectivity index (χ3v) is 6.15. The summed E-state index contributed by atoms with van der Waals surface area (Å²) >= 11 is 3.27. The van der Waals surface area contributed by atoms with E-state index in [9.17, 15) is 8.42 Å². The van der Waals surface area contributed by atoms with Crippen LogP contribution in [0.2, 0.25) is 0 Å². The number of hydrogen-bond acceptors (Lipinski definition) is 8. The summed E-state index contributed by atoms with van der Waals surface area (Å²) in [5.74, 6) is 1.61. The lowest BCUT2D eigenvalue weighted by molar-refractivity contribution is 0.236. The van der Waals surface area contributed by atoms with Gasteiger partial charge in [-0.2, -0.15) is 9.19 Å². The van der Waals surface area contributed by atoms with Crippen molar-refractivity contribution >= 4 is 43.1 Å². The van der Waals surface area contributed by atoms with Gasteiger partial charge in [0, 0.05) is 19.0 Å². The number of aromatic nitrogens is 6. The molecule has 12 heteroatoms. The third-order valence-electron chi connectivity index (χ3n) is 4.71. The van der Waals surface area contributed by atoms with Crippen LogP contribution in [0.5, 0.6) is 11.6 Å². The summed E-state index contributed by atoms with van der Waals surface area (Å²) in [6.07, 6.45) is 6.47. The first-order valence-corrected chi connectivity index (χ1v) is 12.5. The second kappa shape index (κ2) is 9.32. The molecule has 172 valence electrons. The lowest BCUT2D eigenvalue weighted by Gasteiger charge is -2.11. The Labute approximate surface area is 199 Å². The predicted molar refractivity (Wildman–Crippen MR) is 128 cm³/mol. The van der Waals surface area contributed by atoms with Gasteiger partial charge in [-0.25, -0.2) is 23.1 Å². The van der Waals surface area contributed by atoms with Crippen LogP contribution >= 0.6 is 15.9 Å². The van der Waals surface area contributed by atoms with Crippen molar-refractivity contribution in [3.05, 3.63) is 53.4 Å². The minimum absolute atomic E-state index is 0.274. The monoisotopic (exact) mass is 532 g/mol. The van der Waals surface area contributed by atoms with Gasteiger partial charge in [0.2, 0.25) is 5.88 Å². The lowest BCUT2D eigenvalue weighted by Crippen LogP contribution is -2.11. The van der Waals surface area contributed by atoms with E-state index in [1.807, 2.05) is 24.3 Å². The van der Waals surface area contributed by atoms with E-state index >= 15 is 0 Å². The zero-order valence-corrected chi connectivity index (χ0v) is 20.4. The van der Waals surface area contributed by atoms with E-state index in [1.54, 1.807) is 24.0 Å². The molecule has 3 aromatic heterocycles. The molecule has 0 spiro atoms. The highest BCUT2D eigenvalue weighted by Crippen LogP contribution is 2.30. The predicted octanol–water partition coefficient (Wildman–Crippen LogP) is 3.29. The Bertz CT molecular complexity index is 1430. The van der Waals surface area contributed by atoms with Crippen molar-refractivity contribution in [1.82, 2.24) is 28.9 Å². The fourth-order valence-corrected chi connectivity index (χ4v) is 4.45. The average molecular weight is 533 g/mol. The molecule has 4 aromatic rings. The number of halogens is 1. The zero-order valence-electron chi connectivity index (χ0n) is 18.0. The first-order valence-electron chi connectivity index (χ1n) is 9.91. The van der Waals surface area contributed by atoms with Crippen molar-refractivity contribution in [3.8, 4) is 23.0 Å². The highest BCUT2D eigenvalue weighted by molar-refractivity contribution is 9.10. The molecule has 0 saturated heterocycles. The second-order valence-electron chi connectivity index (χ2n) is 7.10. The summed E-state index contributed by atoms with van der Waals surface area (Å²) in [5, 5.41) is 8.25. The summed E-state index contributed by atoms with van der Waals surface area (Å²) in [5.41, 5.74) is 2.16. The number of ether oxygens (including phenoxy) is 2. The first-order chi connectivity index (χ1) is 15.8. The molecule has 0 N–H and O–H groups in total. The Morgan fingerprint density at radius 2 is 1.94 bits per heavy atom. The van der Waals surface area contributed by atoms with Gasteiger partial charge in [0.05, 0.1) is 31.9 Å². The van der Waals surface area contributed by atoms with Crippen LogP contribution in [0.1, 0.15) is 12.0 Å². The van der Waals surface area contributed by atoms with Crippen LogP contribution in [-0.4, -0.2) is 56.8 Å². The van der Waals surface area contributed by atoms with Gasteiger partial charge in [-0.1, -0.05) is 30.9 Å². The van der Waals surface area contributed by atoms with Crippen LogP contribution in [-0.2, 0) is 17.1 Å². The van der Waals surface area contributed by atoms with Crippen LogP contribution in [0, 0.1) is 0 Å². The molecule has 0 fully saturated rings. The zero-order chi connectivity index (χ0) is 23.6. The Morgan fingerprint density at radius 1 is 1.18 bits per heavy atom. The van der Waals surface area contributed by atoms with Gasteiger partial charge in [0.25, 0.3) is 10.0 Å². The SMILES string of the molecule is C=Cc1ccccc1OCCCOc1c(-c2ncc3c(n2)c(Br)nn3S(C)(=O)=O)cnn1C. The molecule has 0 saturated carbocycles. The molecule has 0 radical (unpaired) electrons. The molecular weight excluding hydrogens is 512 g/mol. The minimum Gasteiger partial charge on any atom is -0.493 e. The number of fused-ring (bicyclic) bond motifs is 1. The maximum Gasteiger partial charge on any atom is 0.251 e. The molecule has 0 amide bonds. The topological polar surface area (TPSA) is 114 Å².